The lowest BCUT2D eigenvalue weighted by Gasteiger charge is -2.31. The van der Waals surface area contributed by atoms with Crippen LogP contribution in [0.1, 0.15) is 5.56 Å². The van der Waals surface area contributed by atoms with E-state index in [0.29, 0.717) is 61.7 Å². The maximum absolute atomic E-state index is 13.6. The predicted octanol–water partition coefficient (Wildman–Crippen LogP) is 4.24. The second kappa shape index (κ2) is 12.8. The average Bonchev–Trinajstić information content (AvgIpc) is 3.41. The van der Waals surface area contributed by atoms with Gasteiger partial charge in [-0.2, -0.15) is 10.1 Å². The van der Waals surface area contributed by atoms with Gasteiger partial charge in [-0.25, -0.2) is 14.1 Å². The van der Waals surface area contributed by atoms with Crippen molar-refractivity contribution in [2.24, 2.45) is 0 Å². The van der Waals surface area contributed by atoms with Gasteiger partial charge in [-0.05, 0) is 50.5 Å². The number of nitrogens with zero attached hydrogens (tertiary/aromatic N) is 6. The van der Waals surface area contributed by atoms with Crippen molar-refractivity contribution in [3.8, 4) is 22.8 Å². The van der Waals surface area contributed by atoms with E-state index in [-0.39, 0.29) is 11.7 Å². The third-order valence-electron chi connectivity index (χ3n) is 6.63. The maximum atomic E-state index is 13.6. The van der Waals surface area contributed by atoms with Gasteiger partial charge in [0.2, 0.25) is 11.9 Å². The van der Waals surface area contributed by atoms with Crippen LogP contribution < -0.4 is 20.3 Å². The van der Waals surface area contributed by atoms with Crippen LogP contribution in [0.3, 0.4) is 0 Å². The summed E-state index contributed by atoms with van der Waals surface area (Å²) in [5.41, 5.74) is 4.46. The predicted molar refractivity (Wildman–Crippen MR) is 160 cm³/mol. The first-order chi connectivity index (χ1) is 20.3. The minimum atomic E-state index is -0.331. The first-order valence-electron chi connectivity index (χ1n) is 13.4. The number of carbonyl (C=O) groups excluding carboxylic acids is 1. The summed E-state index contributed by atoms with van der Waals surface area (Å²) in [6, 6.07) is 11.7. The lowest BCUT2D eigenvalue weighted by molar-refractivity contribution is -0.111. The van der Waals surface area contributed by atoms with Crippen LogP contribution in [0.5, 0.6) is 5.75 Å². The summed E-state index contributed by atoms with van der Waals surface area (Å²) in [5, 5.41) is 10.9. The molecule has 0 spiro atoms. The molecule has 4 aromatic rings. The Labute approximate surface area is 243 Å². The number of amides is 1. The van der Waals surface area contributed by atoms with Gasteiger partial charge < -0.3 is 29.9 Å². The van der Waals surface area contributed by atoms with Crippen molar-refractivity contribution in [2.45, 2.75) is 6.54 Å². The van der Waals surface area contributed by atoms with Crippen LogP contribution in [-0.4, -0.2) is 78.1 Å². The van der Waals surface area contributed by atoms with E-state index in [0.717, 1.165) is 22.5 Å². The van der Waals surface area contributed by atoms with Crippen molar-refractivity contribution in [3.63, 3.8) is 0 Å². The number of ether oxygens (including phenoxy) is 2. The summed E-state index contributed by atoms with van der Waals surface area (Å²) >= 11 is 0. The van der Waals surface area contributed by atoms with E-state index in [4.69, 9.17) is 19.6 Å². The average molecular weight is 573 g/mol. The Morgan fingerprint density at radius 3 is 2.62 bits per heavy atom. The highest BCUT2D eigenvalue weighted by Gasteiger charge is 2.20. The van der Waals surface area contributed by atoms with E-state index in [2.05, 4.69) is 27.1 Å². The van der Waals surface area contributed by atoms with E-state index in [1.54, 1.807) is 42.3 Å². The second-order valence-electron chi connectivity index (χ2n) is 9.92. The number of hydrogen-bond donors (Lipinski definition) is 2. The lowest BCUT2D eigenvalue weighted by atomic mass is 10.1. The molecule has 1 aliphatic heterocycles. The van der Waals surface area contributed by atoms with Crippen molar-refractivity contribution >= 4 is 28.9 Å². The Bertz CT molecular complexity index is 1570. The highest BCUT2D eigenvalue weighted by Crippen LogP contribution is 2.38. The van der Waals surface area contributed by atoms with E-state index in [1.807, 2.05) is 31.3 Å². The molecule has 0 aliphatic carbocycles. The summed E-state index contributed by atoms with van der Waals surface area (Å²) in [5.74, 6) is 0.749. The first-order valence-corrected chi connectivity index (χ1v) is 13.4. The number of methoxy groups -OCH3 is 1. The molecule has 1 fully saturated rings. The summed E-state index contributed by atoms with van der Waals surface area (Å²) in [6.45, 7) is 6.74. The van der Waals surface area contributed by atoms with Crippen molar-refractivity contribution in [1.29, 1.82) is 0 Å². The van der Waals surface area contributed by atoms with Gasteiger partial charge in [0.1, 0.15) is 11.6 Å². The third kappa shape index (κ3) is 6.56. The number of benzene rings is 2. The summed E-state index contributed by atoms with van der Waals surface area (Å²) in [6.07, 6.45) is 4.76. The van der Waals surface area contributed by atoms with Crippen molar-refractivity contribution in [2.75, 3.05) is 63.0 Å². The third-order valence-corrected chi connectivity index (χ3v) is 6.63. The number of aromatic nitrogens is 4. The van der Waals surface area contributed by atoms with E-state index < -0.39 is 0 Å². The molecule has 2 aromatic carbocycles. The van der Waals surface area contributed by atoms with Gasteiger partial charge >= 0.3 is 0 Å². The van der Waals surface area contributed by atoms with Gasteiger partial charge in [-0.3, -0.25) is 4.79 Å². The fourth-order valence-corrected chi connectivity index (χ4v) is 4.68. The highest BCUT2D eigenvalue weighted by molar-refractivity contribution is 6.02. The number of morpholine rings is 1. The minimum Gasteiger partial charge on any atom is -0.494 e. The molecule has 0 atom stereocenters. The molecule has 11 nitrogen and oxygen atoms in total. The molecule has 12 heteroatoms. The van der Waals surface area contributed by atoms with Gasteiger partial charge in [0.15, 0.2) is 5.82 Å². The lowest BCUT2D eigenvalue weighted by Crippen LogP contribution is -2.36. The van der Waals surface area contributed by atoms with Gasteiger partial charge in [0.05, 0.1) is 43.1 Å². The van der Waals surface area contributed by atoms with Gasteiger partial charge in [0.25, 0.3) is 0 Å². The molecule has 0 radical (unpaired) electrons. The minimum absolute atomic E-state index is 0.305. The van der Waals surface area contributed by atoms with E-state index >= 15 is 0 Å². The van der Waals surface area contributed by atoms with Gasteiger partial charge in [-0.15, -0.1) is 0 Å². The number of hydrogen-bond acceptors (Lipinski definition) is 9. The zero-order valence-electron chi connectivity index (χ0n) is 23.8. The molecule has 2 N–H and O–H groups in total. The molecular weight excluding hydrogens is 539 g/mol. The Morgan fingerprint density at radius 2 is 1.93 bits per heavy atom. The fraction of sp³-hybridized carbons (Fsp3) is 0.267. The summed E-state index contributed by atoms with van der Waals surface area (Å²) in [7, 11) is 5.53. The molecule has 1 amide bonds. The monoisotopic (exact) mass is 572 g/mol. The van der Waals surface area contributed by atoms with Crippen LogP contribution in [0.2, 0.25) is 0 Å². The molecule has 42 heavy (non-hydrogen) atoms. The normalized spacial score (nSPS) is 13.2. The quantitative estimate of drug-likeness (QED) is 0.270. The molecule has 2 aromatic heterocycles. The Hall–Kier alpha value is -4.81. The molecule has 0 bridgehead atoms. The zero-order chi connectivity index (χ0) is 29.6. The van der Waals surface area contributed by atoms with Crippen molar-refractivity contribution in [1.82, 2.24) is 24.6 Å². The van der Waals surface area contributed by atoms with Crippen LogP contribution in [-0.2, 0) is 16.1 Å². The van der Waals surface area contributed by atoms with Crippen LogP contribution in [0.4, 0.5) is 27.4 Å². The molecule has 218 valence electrons. The Balaban J connectivity index is 1.49. The highest BCUT2D eigenvalue weighted by atomic mass is 19.1. The maximum Gasteiger partial charge on any atom is 0.247 e. The zero-order valence-corrected chi connectivity index (χ0v) is 23.8. The second-order valence-corrected chi connectivity index (χ2v) is 9.92. The molecule has 0 unspecified atom stereocenters. The number of halogens is 1. The van der Waals surface area contributed by atoms with Crippen LogP contribution in [0, 0.1) is 5.82 Å². The molecule has 1 aliphatic rings. The number of nitrogens with one attached hydrogen (secondary N) is 2. The van der Waals surface area contributed by atoms with Crippen molar-refractivity contribution < 1.29 is 18.7 Å². The summed E-state index contributed by atoms with van der Waals surface area (Å²) < 4.78 is 26.5. The van der Waals surface area contributed by atoms with Crippen LogP contribution in [0.15, 0.2) is 67.5 Å². The fourth-order valence-electron chi connectivity index (χ4n) is 4.68. The Kier molecular flexibility index (Phi) is 8.74. The van der Waals surface area contributed by atoms with Gasteiger partial charge in [0, 0.05) is 55.3 Å². The smallest absolute Gasteiger partial charge is 0.247 e. The molecule has 1 saturated heterocycles. The van der Waals surface area contributed by atoms with Crippen LogP contribution in [0.25, 0.3) is 17.1 Å². The molecule has 5 rings (SSSR count). The first kappa shape index (κ1) is 28.7. The Morgan fingerprint density at radius 1 is 1.17 bits per heavy atom. The van der Waals surface area contributed by atoms with Crippen molar-refractivity contribution in [3.05, 3.63) is 78.9 Å². The standard InChI is InChI=1S/C30H33FN8O3/c1-5-28(40)33-23-16-24(26(41-4)17-25(23)38-12-14-42-15-13-38)34-30-32-11-10-27(35-30)39-19-21(18-37(2)3)29(36-39)20-6-8-22(31)9-7-20/h5-11,16-17,19H,1,12-15,18H2,2-4H3,(H,33,40)(H,32,34,35). The number of carbonyl (C=O) groups is 1. The molecular formula is C30H33FN8O3. The largest absolute Gasteiger partial charge is 0.494 e. The topological polar surface area (TPSA) is 110 Å². The summed E-state index contributed by atoms with van der Waals surface area (Å²) in [4.78, 5) is 25.5. The van der Waals surface area contributed by atoms with E-state index in [9.17, 15) is 9.18 Å². The molecule has 3 heterocycles. The molecule has 0 saturated carbocycles. The van der Waals surface area contributed by atoms with E-state index in [1.165, 1.54) is 18.2 Å². The van der Waals surface area contributed by atoms with Gasteiger partial charge in [-0.1, -0.05) is 6.58 Å². The van der Waals surface area contributed by atoms with Crippen LogP contribution >= 0.6 is 0 Å². The number of anilines is 4. The number of rotatable bonds is 10. The SMILES string of the molecule is C=CC(=O)Nc1cc(Nc2nccc(-n3cc(CN(C)C)c(-c4ccc(F)cc4)n3)n2)c(OC)cc1N1CCOCC1.